The number of hydrogen-bond acceptors (Lipinski definition) is 5. The number of aryl methyl sites for hydroxylation is 3. The zero-order valence-electron chi connectivity index (χ0n) is 25.8. The Labute approximate surface area is 268 Å². The lowest BCUT2D eigenvalue weighted by molar-refractivity contribution is 0.484. The van der Waals surface area contributed by atoms with Gasteiger partial charge in [-0.05, 0) is 73.7 Å². The van der Waals surface area contributed by atoms with Crippen LogP contribution in [0.15, 0.2) is 103 Å². The van der Waals surface area contributed by atoms with Crippen molar-refractivity contribution >= 4 is 54.8 Å². The van der Waals surface area contributed by atoms with Crippen LogP contribution in [-0.2, 0) is 0 Å². The summed E-state index contributed by atoms with van der Waals surface area (Å²) in [6.45, 7) is 13.9. The molecule has 0 fully saturated rings. The first kappa shape index (κ1) is 26.8. The fourth-order valence-corrected chi connectivity index (χ4v) is 6.91. The number of para-hydroxylation sites is 2. The number of pyridine rings is 1. The minimum Gasteiger partial charge on any atom is -0.457 e. The number of hydrogen-bond donors (Lipinski definition) is 0. The Kier molecular flexibility index (Phi) is 5.70. The summed E-state index contributed by atoms with van der Waals surface area (Å²) >= 11 is 0. The maximum atomic E-state index is 7.81. The highest BCUT2D eigenvalue weighted by Crippen LogP contribution is 2.39. The van der Waals surface area contributed by atoms with Crippen LogP contribution in [0.3, 0.4) is 0 Å². The lowest BCUT2D eigenvalue weighted by Crippen LogP contribution is -2.07. The van der Waals surface area contributed by atoms with Crippen LogP contribution in [0.25, 0.3) is 65.6 Å². The predicted molar refractivity (Wildman–Crippen MR) is 184 cm³/mol. The van der Waals surface area contributed by atoms with Crippen LogP contribution in [0.2, 0.25) is 0 Å². The SMILES string of the molecule is [C-]#[N+]c1cccc2c1c1ccc(Oc3ccc4c5ccccc5n(-c5nncn5-c5c(C)cccc5C)c4c3)cc1c1nc(C)nn21. The molecular weight excluding hydrogens is 584 g/mol. The van der Waals surface area contributed by atoms with Gasteiger partial charge in [-0.15, -0.1) is 10.2 Å². The van der Waals surface area contributed by atoms with Crippen LogP contribution in [-0.4, -0.2) is 33.9 Å². The molecule has 0 N–H and O–H groups in total. The lowest BCUT2D eigenvalue weighted by atomic mass is 10.0. The number of nitrogens with zero attached hydrogens (tertiary/aromatic N) is 8. The van der Waals surface area contributed by atoms with Crippen molar-refractivity contribution in [3.8, 4) is 23.1 Å². The summed E-state index contributed by atoms with van der Waals surface area (Å²) in [6.07, 6.45) is 1.77. The average Bonchev–Trinajstić information content (AvgIpc) is 3.80. The molecule has 0 atom stereocenters. The Bertz CT molecular complexity index is 2760. The largest absolute Gasteiger partial charge is 0.457 e. The van der Waals surface area contributed by atoms with E-state index in [-0.39, 0.29) is 0 Å². The van der Waals surface area contributed by atoms with Gasteiger partial charge in [0.1, 0.15) is 23.7 Å². The van der Waals surface area contributed by atoms with Crippen LogP contribution in [0.5, 0.6) is 11.5 Å². The highest BCUT2D eigenvalue weighted by Gasteiger charge is 2.20. The molecule has 0 amide bonds. The minimum atomic E-state index is 0.572. The summed E-state index contributed by atoms with van der Waals surface area (Å²) in [5.74, 6) is 2.68. The highest BCUT2D eigenvalue weighted by molar-refractivity contribution is 6.16. The first-order valence-electron chi connectivity index (χ1n) is 15.3. The number of rotatable bonds is 4. The van der Waals surface area contributed by atoms with E-state index >= 15 is 0 Å². The van der Waals surface area contributed by atoms with E-state index in [1.807, 2.05) is 60.0 Å². The molecule has 0 saturated heterocycles. The van der Waals surface area contributed by atoms with Gasteiger partial charge >= 0.3 is 0 Å². The van der Waals surface area contributed by atoms with E-state index in [1.54, 1.807) is 6.33 Å². The van der Waals surface area contributed by atoms with Gasteiger partial charge in [0.15, 0.2) is 11.3 Å². The summed E-state index contributed by atoms with van der Waals surface area (Å²) in [4.78, 5) is 8.55. The summed E-state index contributed by atoms with van der Waals surface area (Å²) in [5.41, 5.74) is 7.46. The van der Waals surface area contributed by atoms with Gasteiger partial charge in [-0.3, -0.25) is 9.13 Å². The van der Waals surface area contributed by atoms with Gasteiger partial charge in [-0.2, -0.15) is 5.10 Å². The Morgan fingerprint density at radius 2 is 1.43 bits per heavy atom. The van der Waals surface area contributed by atoms with E-state index in [1.165, 1.54) is 0 Å². The van der Waals surface area contributed by atoms with Gasteiger partial charge in [-0.25, -0.2) is 14.3 Å². The topological polar surface area (TPSA) is 79.4 Å². The zero-order chi connectivity index (χ0) is 31.8. The molecule has 0 radical (unpaired) electrons. The highest BCUT2D eigenvalue weighted by atomic mass is 16.5. The van der Waals surface area contributed by atoms with Crippen LogP contribution in [0, 0.1) is 27.3 Å². The number of aromatic nitrogens is 7. The van der Waals surface area contributed by atoms with Gasteiger partial charge in [-0.1, -0.05) is 54.6 Å². The number of ether oxygens (including phenoxy) is 1. The van der Waals surface area contributed by atoms with Crippen molar-refractivity contribution < 1.29 is 4.74 Å². The molecule has 9 rings (SSSR count). The lowest BCUT2D eigenvalue weighted by Gasteiger charge is -2.15. The quantitative estimate of drug-likeness (QED) is 0.147. The second kappa shape index (κ2) is 9.99. The molecule has 4 heterocycles. The van der Waals surface area contributed by atoms with Crippen molar-refractivity contribution in [1.82, 2.24) is 33.9 Å². The van der Waals surface area contributed by atoms with Gasteiger partial charge < -0.3 is 4.74 Å². The molecule has 47 heavy (non-hydrogen) atoms. The van der Waals surface area contributed by atoms with Crippen molar-refractivity contribution in [2.75, 3.05) is 0 Å². The molecular formula is C38H26N8O. The van der Waals surface area contributed by atoms with Gasteiger partial charge in [0.25, 0.3) is 0 Å². The number of fused-ring (bicyclic) bond motifs is 9. The van der Waals surface area contributed by atoms with Gasteiger partial charge in [0, 0.05) is 27.6 Å². The maximum absolute atomic E-state index is 7.81. The molecule has 4 aromatic heterocycles. The molecule has 9 nitrogen and oxygen atoms in total. The molecule has 5 aromatic carbocycles. The van der Waals surface area contributed by atoms with Crippen LogP contribution < -0.4 is 4.74 Å². The monoisotopic (exact) mass is 610 g/mol. The molecule has 0 unspecified atom stereocenters. The zero-order valence-corrected chi connectivity index (χ0v) is 25.8. The Hall–Kier alpha value is -6.53. The van der Waals surface area contributed by atoms with E-state index in [4.69, 9.17) is 16.3 Å². The fraction of sp³-hybridized carbons (Fsp3) is 0.0789. The predicted octanol–water partition coefficient (Wildman–Crippen LogP) is 8.98. The van der Waals surface area contributed by atoms with E-state index in [0.717, 1.165) is 65.9 Å². The molecule has 0 spiro atoms. The molecule has 9 heteroatoms. The molecule has 0 aliphatic carbocycles. The second-order valence-electron chi connectivity index (χ2n) is 11.8. The molecule has 0 saturated carbocycles. The van der Waals surface area contributed by atoms with Crippen molar-refractivity contribution in [2.45, 2.75) is 20.8 Å². The Morgan fingerprint density at radius 3 is 2.26 bits per heavy atom. The van der Waals surface area contributed by atoms with Crippen LogP contribution in [0.4, 0.5) is 5.69 Å². The summed E-state index contributed by atoms with van der Waals surface area (Å²) in [7, 11) is 0. The van der Waals surface area contributed by atoms with Crippen LogP contribution >= 0.6 is 0 Å². The van der Waals surface area contributed by atoms with Crippen molar-refractivity contribution in [3.63, 3.8) is 0 Å². The van der Waals surface area contributed by atoms with Crippen LogP contribution in [0.1, 0.15) is 17.0 Å². The number of benzene rings is 5. The maximum Gasteiger partial charge on any atom is 0.240 e. The van der Waals surface area contributed by atoms with E-state index in [9.17, 15) is 0 Å². The molecule has 0 aliphatic heterocycles. The normalized spacial score (nSPS) is 11.7. The Morgan fingerprint density at radius 1 is 0.702 bits per heavy atom. The summed E-state index contributed by atoms with van der Waals surface area (Å²) in [5, 5.41) is 18.5. The van der Waals surface area contributed by atoms with Crippen molar-refractivity contribution in [3.05, 3.63) is 132 Å². The van der Waals surface area contributed by atoms with Crippen molar-refractivity contribution in [1.29, 1.82) is 0 Å². The standard InChI is InChI=1S/C38H26N8O/c1-22-9-7-10-23(2)36(22)44-21-40-42-38(44)45-32-13-6-5-11-27(32)28-17-15-26(20-34(28)45)47-25-16-18-29-30(19-25)37-41-24(3)43-46(37)33-14-8-12-31(39-4)35(29)33/h5-21H,1-3H3. The van der Waals surface area contributed by atoms with Gasteiger partial charge in [0.2, 0.25) is 5.95 Å². The third-order valence-corrected chi connectivity index (χ3v) is 8.87. The fourth-order valence-electron chi connectivity index (χ4n) is 6.91. The summed E-state index contributed by atoms with van der Waals surface area (Å²) < 4.78 is 12.6. The Balaban J connectivity index is 1.23. The molecule has 0 bridgehead atoms. The third-order valence-electron chi connectivity index (χ3n) is 8.87. The van der Waals surface area contributed by atoms with E-state index < -0.39 is 0 Å². The smallest absolute Gasteiger partial charge is 0.240 e. The minimum absolute atomic E-state index is 0.572. The first-order valence-corrected chi connectivity index (χ1v) is 15.3. The first-order chi connectivity index (χ1) is 23.0. The molecule has 0 aliphatic rings. The molecule has 9 aromatic rings. The van der Waals surface area contributed by atoms with Crippen molar-refractivity contribution in [2.24, 2.45) is 0 Å². The average molecular weight is 611 g/mol. The summed E-state index contributed by atoms with van der Waals surface area (Å²) in [6, 6.07) is 32.4. The van der Waals surface area contributed by atoms with Gasteiger partial charge in [0.05, 0.1) is 28.8 Å². The van der Waals surface area contributed by atoms with E-state index in [2.05, 4.69) is 91.7 Å². The third kappa shape index (κ3) is 3.95. The second-order valence-corrected chi connectivity index (χ2v) is 11.8. The molecule has 224 valence electrons. The van der Waals surface area contributed by atoms with E-state index in [0.29, 0.717) is 29.0 Å².